The summed E-state index contributed by atoms with van der Waals surface area (Å²) >= 11 is 11.9. The molecule has 6 nitrogen and oxygen atoms in total. The van der Waals surface area contributed by atoms with Gasteiger partial charge in [0.15, 0.2) is 12.5 Å². The molecule has 0 radical (unpaired) electrons. The lowest BCUT2D eigenvalue weighted by Gasteiger charge is -2.16. The molecule has 0 aliphatic rings. The molecule has 3 aromatic rings. The molecule has 0 fully saturated rings. The van der Waals surface area contributed by atoms with Gasteiger partial charge >= 0.3 is 0 Å². The fourth-order valence-electron chi connectivity index (χ4n) is 3.21. The smallest absolute Gasteiger partial charge is 0.203 e. The largest absolute Gasteiger partial charge is 0.496 e. The number of aromatic nitrogens is 4. The van der Waals surface area contributed by atoms with Crippen molar-refractivity contribution in [3.8, 4) is 17.1 Å². The Morgan fingerprint density at radius 2 is 1.96 bits per heavy atom. The molecule has 1 unspecified atom stereocenters. The summed E-state index contributed by atoms with van der Waals surface area (Å²) in [5.41, 5.74) is 2.07. The first kappa shape index (κ1) is 20.5. The van der Waals surface area contributed by atoms with Gasteiger partial charge in [0.1, 0.15) is 12.3 Å². The third-order valence-electron chi connectivity index (χ3n) is 4.46. The van der Waals surface area contributed by atoms with Crippen LogP contribution in [-0.4, -0.2) is 33.5 Å². The van der Waals surface area contributed by atoms with Crippen molar-refractivity contribution in [2.45, 2.75) is 33.1 Å². The molecule has 28 heavy (non-hydrogen) atoms. The van der Waals surface area contributed by atoms with Gasteiger partial charge in [0, 0.05) is 35.1 Å². The predicted octanol–water partition coefficient (Wildman–Crippen LogP) is 3.22. The van der Waals surface area contributed by atoms with E-state index in [9.17, 15) is 0 Å². The Hall–Kier alpha value is -2.22. The quantitative estimate of drug-likeness (QED) is 0.570. The molecule has 0 amide bonds. The normalized spacial score (nSPS) is 12.1. The second-order valence-corrected chi connectivity index (χ2v) is 7.54. The van der Waals surface area contributed by atoms with E-state index in [4.69, 9.17) is 33.7 Å². The second-order valence-electron chi connectivity index (χ2n) is 6.74. The topological polar surface area (TPSA) is 49.3 Å². The molecule has 0 saturated heterocycles. The van der Waals surface area contributed by atoms with Crippen molar-refractivity contribution in [1.29, 1.82) is 0 Å². The molecule has 3 rings (SSSR count). The average molecular weight is 419 g/mol. The highest BCUT2D eigenvalue weighted by molar-refractivity contribution is 7.71. The number of ether oxygens (including phenoxy) is 1. The Morgan fingerprint density at radius 3 is 2.64 bits per heavy atom. The summed E-state index contributed by atoms with van der Waals surface area (Å²) in [5.74, 6) is 1.71. The van der Waals surface area contributed by atoms with Crippen LogP contribution >= 0.6 is 23.8 Å². The fraction of sp³-hybridized carbons (Fsp3) is 0.350. The van der Waals surface area contributed by atoms with Crippen LogP contribution in [0, 0.1) is 4.77 Å². The van der Waals surface area contributed by atoms with Crippen molar-refractivity contribution in [2.24, 2.45) is 0 Å². The minimum atomic E-state index is 0.642. The monoisotopic (exact) mass is 418 g/mol. The van der Waals surface area contributed by atoms with E-state index in [2.05, 4.69) is 23.5 Å². The fourth-order valence-corrected chi connectivity index (χ4v) is 3.68. The summed E-state index contributed by atoms with van der Waals surface area (Å²) in [6, 6.07) is 9.60. The van der Waals surface area contributed by atoms with E-state index >= 15 is 0 Å². The zero-order valence-corrected chi connectivity index (χ0v) is 17.9. The Bertz CT molecular complexity index is 986. The number of nitrogens with one attached hydrogen (secondary N) is 1. The van der Waals surface area contributed by atoms with Gasteiger partial charge in [-0.3, -0.25) is 9.55 Å². The number of hydrogen-bond donors (Lipinski definition) is 1. The van der Waals surface area contributed by atoms with E-state index in [1.165, 1.54) is 4.90 Å². The number of nitrogens with zero attached hydrogens (tertiary/aromatic N) is 4. The van der Waals surface area contributed by atoms with Gasteiger partial charge in [0.25, 0.3) is 0 Å². The number of hydrogen-bond acceptors (Lipinski definition) is 4. The molecule has 148 valence electrons. The van der Waals surface area contributed by atoms with Crippen molar-refractivity contribution < 1.29 is 9.64 Å². The Balaban J connectivity index is 1.86. The van der Waals surface area contributed by atoms with Crippen LogP contribution in [-0.2, 0) is 19.8 Å². The summed E-state index contributed by atoms with van der Waals surface area (Å²) in [7, 11) is 3.78. The molecule has 0 spiro atoms. The number of rotatable bonds is 8. The highest BCUT2D eigenvalue weighted by Crippen LogP contribution is 2.22. The Morgan fingerprint density at radius 1 is 1.21 bits per heavy atom. The molecule has 2 heterocycles. The van der Waals surface area contributed by atoms with Crippen LogP contribution in [0.15, 0.2) is 42.7 Å². The zero-order chi connectivity index (χ0) is 20.1. The first-order valence-corrected chi connectivity index (χ1v) is 10.0. The lowest BCUT2D eigenvalue weighted by molar-refractivity contribution is -0.917. The van der Waals surface area contributed by atoms with Crippen LogP contribution in [0.1, 0.15) is 18.9 Å². The van der Waals surface area contributed by atoms with Gasteiger partial charge in [0.05, 0.1) is 14.2 Å². The lowest BCUT2D eigenvalue weighted by Crippen LogP contribution is -3.07. The van der Waals surface area contributed by atoms with E-state index < -0.39 is 0 Å². The third-order valence-corrected chi connectivity index (χ3v) is 5.13. The highest BCUT2D eigenvalue weighted by atomic mass is 35.5. The summed E-state index contributed by atoms with van der Waals surface area (Å²) in [5, 5.41) is 5.51. The molecule has 0 bridgehead atoms. The molecule has 0 aliphatic heterocycles. The molecule has 8 heteroatoms. The van der Waals surface area contributed by atoms with E-state index in [-0.39, 0.29) is 0 Å². The number of benzene rings is 1. The number of pyridine rings is 1. The zero-order valence-electron chi connectivity index (χ0n) is 16.4. The lowest BCUT2D eigenvalue weighted by atomic mass is 10.2. The summed E-state index contributed by atoms with van der Waals surface area (Å²) in [4.78, 5) is 5.32. The van der Waals surface area contributed by atoms with Gasteiger partial charge in [-0.15, -0.1) is 5.10 Å². The summed E-state index contributed by atoms with van der Waals surface area (Å²) in [6.45, 7) is 4.36. The predicted molar refractivity (Wildman–Crippen MR) is 113 cm³/mol. The molecule has 2 aromatic heterocycles. The van der Waals surface area contributed by atoms with E-state index in [0.29, 0.717) is 11.7 Å². The van der Waals surface area contributed by atoms with Gasteiger partial charge in [-0.1, -0.05) is 18.5 Å². The maximum absolute atomic E-state index is 6.16. The molecule has 0 saturated carbocycles. The number of quaternary nitrogens is 1. The Kier molecular flexibility index (Phi) is 6.83. The SMILES string of the molecule is CCCn1c(-c2ccncc2)nn(C[NH+](C)Cc2cc(Cl)ccc2OC)c1=S. The summed E-state index contributed by atoms with van der Waals surface area (Å²) < 4.78 is 10.2. The van der Waals surface area contributed by atoms with Crippen LogP contribution in [0.5, 0.6) is 5.75 Å². The van der Waals surface area contributed by atoms with E-state index in [1.807, 2.05) is 35.0 Å². The first-order chi connectivity index (χ1) is 13.5. The second kappa shape index (κ2) is 9.32. The van der Waals surface area contributed by atoms with Crippen LogP contribution in [0.25, 0.3) is 11.4 Å². The standard InChI is InChI=1S/C20H24ClN5OS/c1-4-11-25-19(15-7-9-22-10-8-15)23-26(20(25)28)14-24(2)13-16-12-17(21)5-6-18(16)27-3/h5-10,12H,4,11,13-14H2,1-3H3/p+1. The minimum Gasteiger partial charge on any atom is -0.496 e. The van der Waals surface area contributed by atoms with Crippen LogP contribution < -0.4 is 9.64 Å². The Labute approximate surface area is 175 Å². The van der Waals surface area contributed by atoms with Crippen molar-refractivity contribution in [1.82, 2.24) is 19.3 Å². The van der Waals surface area contributed by atoms with Crippen LogP contribution in [0.4, 0.5) is 0 Å². The van der Waals surface area contributed by atoms with Crippen molar-refractivity contribution >= 4 is 23.8 Å². The van der Waals surface area contributed by atoms with Gasteiger partial charge < -0.3 is 9.64 Å². The molecule has 1 aromatic carbocycles. The maximum Gasteiger partial charge on any atom is 0.203 e. The molecule has 0 aliphatic carbocycles. The molecular formula is C20H25ClN5OS+. The van der Waals surface area contributed by atoms with Gasteiger partial charge in [-0.25, -0.2) is 0 Å². The van der Waals surface area contributed by atoms with E-state index in [1.54, 1.807) is 19.5 Å². The third kappa shape index (κ3) is 4.60. The van der Waals surface area contributed by atoms with Crippen molar-refractivity contribution in [3.63, 3.8) is 0 Å². The van der Waals surface area contributed by atoms with Gasteiger partial charge in [-0.2, -0.15) is 4.68 Å². The molecule has 1 N–H and O–H groups in total. The number of methoxy groups -OCH3 is 1. The van der Waals surface area contributed by atoms with Crippen LogP contribution in [0.3, 0.4) is 0 Å². The maximum atomic E-state index is 6.16. The first-order valence-electron chi connectivity index (χ1n) is 9.25. The molecule has 1 atom stereocenters. The van der Waals surface area contributed by atoms with Crippen molar-refractivity contribution in [3.05, 3.63) is 58.1 Å². The van der Waals surface area contributed by atoms with Gasteiger partial charge in [0.2, 0.25) is 4.77 Å². The molecular weight excluding hydrogens is 394 g/mol. The minimum absolute atomic E-state index is 0.642. The number of halogens is 1. The average Bonchev–Trinajstić information content (AvgIpc) is 2.99. The van der Waals surface area contributed by atoms with E-state index in [0.717, 1.165) is 47.0 Å². The summed E-state index contributed by atoms with van der Waals surface area (Å²) in [6.07, 6.45) is 4.54. The van der Waals surface area contributed by atoms with Crippen LogP contribution in [0.2, 0.25) is 5.02 Å². The highest BCUT2D eigenvalue weighted by Gasteiger charge is 2.16. The van der Waals surface area contributed by atoms with Gasteiger partial charge in [-0.05, 0) is 49.0 Å². The van der Waals surface area contributed by atoms with Crippen molar-refractivity contribution in [2.75, 3.05) is 14.2 Å².